The Morgan fingerprint density at radius 2 is 1.31 bits per heavy atom. The van der Waals surface area contributed by atoms with Gasteiger partial charge in [-0.05, 0) is 100 Å². The van der Waals surface area contributed by atoms with Crippen molar-refractivity contribution in [2.45, 2.75) is 136 Å². The van der Waals surface area contributed by atoms with Crippen LogP contribution in [0.4, 0.5) is 0 Å². The molecule has 2 heterocycles. The fraction of sp³-hybridized carbons (Fsp3) is 0.923. The lowest BCUT2D eigenvalue weighted by molar-refractivity contribution is -0.156. The SMILES string of the molecule is CCC(CCCCCOC(=O)C1CC(C)(C)NC1(C)C)OC(=O)C1CC(C)(C)NC1(C)C. The molecule has 0 spiro atoms. The second-order valence-corrected chi connectivity index (χ2v) is 12.5. The minimum atomic E-state index is -0.249. The smallest absolute Gasteiger partial charge is 0.311 e. The Balaban J connectivity index is 1.67. The van der Waals surface area contributed by atoms with Crippen LogP contribution < -0.4 is 10.6 Å². The molecule has 6 nitrogen and oxygen atoms in total. The first-order chi connectivity index (χ1) is 14.6. The number of hydrogen-bond acceptors (Lipinski definition) is 6. The highest BCUT2D eigenvalue weighted by Crippen LogP contribution is 2.37. The van der Waals surface area contributed by atoms with Crippen molar-refractivity contribution in [3.05, 3.63) is 0 Å². The molecule has 2 rings (SSSR count). The molecule has 0 aromatic heterocycles. The van der Waals surface area contributed by atoms with Crippen molar-refractivity contribution in [1.82, 2.24) is 10.6 Å². The lowest BCUT2D eigenvalue weighted by Crippen LogP contribution is -2.47. The van der Waals surface area contributed by atoms with Gasteiger partial charge in [-0.25, -0.2) is 0 Å². The maximum Gasteiger partial charge on any atom is 0.311 e. The van der Waals surface area contributed by atoms with Gasteiger partial charge in [-0.1, -0.05) is 6.92 Å². The largest absolute Gasteiger partial charge is 0.465 e. The molecule has 0 aromatic rings. The standard InChI is InChI=1S/C26H48N2O4/c1-10-18(32-22(30)20-17-24(4,5)28-26(20,8)9)14-12-11-13-15-31-21(29)19-16-23(2,3)27-25(19,6)7/h18-20,27-28H,10-17H2,1-9H3. The van der Waals surface area contributed by atoms with Gasteiger partial charge in [0.15, 0.2) is 0 Å². The van der Waals surface area contributed by atoms with E-state index in [0.717, 1.165) is 44.9 Å². The van der Waals surface area contributed by atoms with E-state index in [9.17, 15) is 9.59 Å². The van der Waals surface area contributed by atoms with E-state index in [4.69, 9.17) is 9.47 Å². The van der Waals surface area contributed by atoms with E-state index in [-0.39, 0.29) is 52.0 Å². The number of unbranched alkanes of at least 4 members (excludes halogenated alkanes) is 2. The Labute approximate surface area is 196 Å². The molecular weight excluding hydrogens is 404 g/mol. The molecule has 0 aromatic carbocycles. The van der Waals surface area contributed by atoms with Gasteiger partial charge in [0.2, 0.25) is 0 Å². The molecule has 2 saturated heterocycles. The maximum atomic E-state index is 12.8. The van der Waals surface area contributed by atoms with Crippen molar-refractivity contribution in [2.75, 3.05) is 6.61 Å². The fourth-order valence-corrected chi connectivity index (χ4v) is 5.82. The van der Waals surface area contributed by atoms with Crippen molar-refractivity contribution >= 4 is 11.9 Å². The van der Waals surface area contributed by atoms with Crippen LogP contribution in [0.2, 0.25) is 0 Å². The topological polar surface area (TPSA) is 76.7 Å². The van der Waals surface area contributed by atoms with Crippen molar-refractivity contribution in [1.29, 1.82) is 0 Å². The zero-order chi connectivity index (χ0) is 24.4. The summed E-state index contributed by atoms with van der Waals surface area (Å²) in [4.78, 5) is 25.4. The molecule has 0 aliphatic carbocycles. The molecule has 186 valence electrons. The Hall–Kier alpha value is -1.14. The van der Waals surface area contributed by atoms with E-state index in [1.54, 1.807) is 0 Å². The van der Waals surface area contributed by atoms with E-state index in [0.29, 0.717) is 6.61 Å². The normalized spacial score (nSPS) is 28.3. The van der Waals surface area contributed by atoms with Crippen molar-refractivity contribution < 1.29 is 19.1 Å². The third kappa shape index (κ3) is 7.18. The third-order valence-electron chi connectivity index (χ3n) is 7.21. The number of carbonyl (C=O) groups is 2. The number of esters is 2. The van der Waals surface area contributed by atoms with Crippen LogP contribution in [0, 0.1) is 11.8 Å². The van der Waals surface area contributed by atoms with Crippen molar-refractivity contribution in [3.63, 3.8) is 0 Å². The molecule has 0 saturated carbocycles. The molecule has 3 atom stereocenters. The van der Waals surface area contributed by atoms with Crippen molar-refractivity contribution in [2.24, 2.45) is 11.8 Å². The average molecular weight is 453 g/mol. The van der Waals surface area contributed by atoms with Crippen molar-refractivity contribution in [3.8, 4) is 0 Å². The molecule has 2 aliphatic rings. The Kier molecular flexibility index (Phi) is 8.47. The van der Waals surface area contributed by atoms with Gasteiger partial charge >= 0.3 is 11.9 Å². The van der Waals surface area contributed by atoms with E-state index in [1.807, 2.05) is 0 Å². The highest BCUT2D eigenvalue weighted by Gasteiger charge is 2.49. The summed E-state index contributed by atoms with van der Waals surface area (Å²) in [5.74, 6) is -0.403. The summed E-state index contributed by atoms with van der Waals surface area (Å²) in [6, 6.07) is 0. The van der Waals surface area contributed by atoms with Gasteiger partial charge in [-0.3, -0.25) is 9.59 Å². The molecular formula is C26H48N2O4. The molecule has 2 fully saturated rings. The van der Waals surface area contributed by atoms with Crippen LogP contribution in [0.1, 0.15) is 107 Å². The second-order valence-electron chi connectivity index (χ2n) is 12.5. The number of hydrogen-bond donors (Lipinski definition) is 2. The lowest BCUT2D eigenvalue weighted by Gasteiger charge is -2.28. The summed E-state index contributed by atoms with van der Waals surface area (Å²) >= 11 is 0. The van der Waals surface area contributed by atoms with Crippen LogP contribution in [0.5, 0.6) is 0 Å². The molecule has 2 N–H and O–H groups in total. The van der Waals surface area contributed by atoms with Gasteiger partial charge in [0, 0.05) is 22.2 Å². The number of ether oxygens (including phenoxy) is 2. The van der Waals surface area contributed by atoms with Gasteiger partial charge in [-0.15, -0.1) is 0 Å². The quantitative estimate of drug-likeness (QED) is 0.368. The molecule has 6 heteroatoms. The van der Waals surface area contributed by atoms with E-state index in [2.05, 4.69) is 72.9 Å². The lowest BCUT2D eigenvalue weighted by atomic mass is 9.87. The van der Waals surface area contributed by atoms with E-state index in [1.165, 1.54) is 0 Å². The molecule has 2 aliphatic heterocycles. The fourth-order valence-electron chi connectivity index (χ4n) is 5.82. The Morgan fingerprint density at radius 3 is 1.75 bits per heavy atom. The third-order valence-corrected chi connectivity index (χ3v) is 7.21. The Morgan fingerprint density at radius 1 is 0.812 bits per heavy atom. The maximum absolute atomic E-state index is 12.8. The number of nitrogens with one attached hydrogen (secondary N) is 2. The highest BCUT2D eigenvalue weighted by molar-refractivity contribution is 5.75. The summed E-state index contributed by atoms with van der Waals surface area (Å²) in [6.07, 6.45) is 5.99. The van der Waals surface area contributed by atoms with Gasteiger partial charge in [0.25, 0.3) is 0 Å². The summed E-state index contributed by atoms with van der Waals surface area (Å²) in [6.45, 7) is 19.4. The highest BCUT2D eigenvalue weighted by atomic mass is 16.5. The number of carbonyl (C=O) groups excluding carboxylic acids is 2. The van der Waals surface area contributed by atoms with Gasteiger partial charge in [-0.2, -0.15) is 0 Å². The molecule has 3 unspecified atom stereocenters. The molecule has 32 heavy (non-hydrogen) atoms. The first-order valence-electron chi connectivity index (χ1n) is 12.5. The first-order valence-corrected chi connectivity index (χ1v) is 12.5. The minimum Gasteiger partial charge on any atom is -0.465 e. The van der Waals surface area contributed by atoms with Crippen LogP contribution in [0.25, 0.3) is 0 Å². The van der Waals surface area contributed by atoms with Gasteiger partial charge < -0.3 is 20.1 Å². The molecule has 0 radical (unpaired) electrons. The summed E-state index contributed by atoms with van der Waals surface area (Å²) in [5.41, 5.74) is -0.579. The predicted molar refractivity (Wildman–Crippen MR) is 128 cm³/mol. The monoisotopic (exact) mass is 452 g/mol. The van der Waals surface area contributed by atoms with Crippen LogP contribution in [0.3, 0.4) is 0 Å². The summed E-state index contributed by atoms with van der Waals surface area (Å²) < 4.78 is 11.5. The molecule has 0 bridgehead atoms. The zero-order valence-electron chi connectivity index (χ0n) is 22.0. The van der Waals surface area contributed by atoms with Crippen LogP contribution in [-0.4, -0.2) is 46.8 Å². The predicted octanol–water partition coefficient (Wildman–Crippen LogP) is 4.75. The Bertz CT molecular complexity index is 669. The van der Waals surface area contributed by atoms with E-state index >= 15 is 0 Å². The van der Waals surface area contributed by atoms with Gasteiger partial charge in [0.1, 0.15) is 6.10 Å². The van der Waals surface area contributed by atoms with Crippen LogP contribution in [0.15, 0.2) is 0 Å². The average Bonchev–Trinajstić information content (AvgIpc) is 3.01. The summed E-state index contributed by atoms with van der Waals surface area (Å²) in [5, 5.41) is 7.08. The first kappa shape index (κ1) is 27.1. The number of rotatable bonds is 10. The van der Waals surface area contributed by atoms with Crippen LogP contribution >= 0.6 is 0 Å². The second kappa shape index (κ2) is 10.0. The van der Waals surface area contributed by atoms with Crippen LogP contribution in [-0.2, 0) is 19.1 Å². The molecule has 0 amide bonds. The summed E-state index contributed by atoms with van der Waals surface area (Å²) in [7, 11) is 0. The van der Waals surface area contributed by atoms with E-state index < -0.39 is 0 Å². The van der Waals surface area contributed by atoms with Gasteiger partial charge in [0.05, 0.1) is 18.4 Å². The zero-order valence-corrected chi connectivity index (χ0v) is 22.0. The minimum absolute atomic E-state index is 0.0423.